The quantitative estimate of drug-likeness (QED) is 0.436. The summed E-state index contributed by atoms with van der Waals surface area (Å²) < 4.78 is 5.49. The van der Waals surface area contributed by atoms with E-state index >= 15 is 0 Å². The lowest BCUT2D eigenvalue weighted by Gasteiger charge is -2.23. The van der Waals surface area contributed by atoms with Crippen molar-refractivity contribution in [2.24, 2.45) is 4.99 Å². The van der Waals surface area contributed by atoms with E-state index < -0.39 is 0 Å². The van der Waals surface area contributed by atoms with Gasteiger partial charge in [-0.1, -0.05) is 12.1 Å². The van der Waals surface area contributed by atoms with Gasteiger partial charge in [-0.2, -0.15) is 0 Å². The van der Waals surface area contributed by atoms with Crippen molar-refractivity contribution in [1.82, 2.24) is 15.5 Å². The summed E-state index contributed by atoms with van der Waals surface area (Å²) >= 11 is 0. The fourth-order valence-corrected chi connectivity index (χ4v) is 2.27. The average molecular weight is 335 g/mol. The third kappa shape index (κ3) is 8.20. The molecule has 0 saturated carbocycles. The molecule has 5 nitrogen and oxygen atoms in total. The molecule has 0 spiro atoms. The molecule has 1 aromatic rings. The molecule has 24 heavy (non-hydrogen) atoms. The first-order valence-corrected chi connectivity index (χ1v) is 8.82. The van der Waals surface area contributed by atoms with Gasteiger partial charge in [0, 0.05) is 32.2 Å². The number of aliphatic imine (C=N–C) groups is 1. The highest BCUT2D eigenvalue weighted by Crippen LogP contribution is 2.13. The van der Waals surface area contributed by atoms with E-state index in [0.29, 0.717) is 6.61 Å². The summed E-state index contributed by atoms with van der Waals surface area (Å²) in [6.07, 6.45) is 0. The van der Waals surface area contributed by atoms with Crippen LogP contribution in [0.4, 0.5) is 0 Å². The highest BCUT2D eigenvalue weighted by atomic mass is 16.5. The Hall–Kier alpha value is -1.75. The van der Waals surface area contributed by atoms with Crippen LogP contribution in [-0.2, 0) is 6.54 Å². The van der Waals surface area contributed by atoms with Gasteiger partial charge >= 0.3 is 0 Å². The van der Waals surface area contributed by atoms with Crippen LogP contribution in [0.25, 0.3) is 0 Å². The molecule has 0 amide bonds. The zero-order valence-electron chi connectivity index (χ0n) is 16.1. The minimum Gasteiger partial charge on any atom is -0.494 e. The smallest absolute Gasteiger partial charge is 0.194 e. The SMILES string of the molecule is CCNC(=NCCNC(C)(C)C)N(C)Cc1ccc(OCC)cc1. The monoisotopic (exact) mass is 334 g/mol. The zero-order chi connectivity index (χ0) is 18.0. The van der Waals surface area contributed by atoms with Crippen molar-refractivity contribution in [1.29, 1.82) is 0 Å². The Kier molecular flexibility index (Phi) is 8.61. The Balaban J connectivity index is 2.59. The molecule has 0 bridgehead atoms. The molecule has 0 unspecified atom stereocenters. The van der Waals surface area contributed by atoms with Gasteiger partial charge in [-0.3, -0.25) is 4.99 Å². The summed E-state index contributed by atoms with van der Waals surface area (Å²) in [6.45, 7) is 14.6. The van der Waals surface area contributed by atoms with Crippen molar-refractivity contribution < 1.29 is 4.74 Å². The molecule has 0 saturated heterocycles. The van der Waals surface area contributed by atoms with Gasteiger partial charge in [0.2, 0.25) is 0 Å². The van der Waals surface area contributed by atoms with Crippen molar-refractivity contribution in [2.75, 3.05) is 33.3 Å². The fourth-order valence-electron chi connectivity index (χ4n) is 2.27. The number of nitrogens with zero attached hydrogens (tertiary/aromatic N) is 2. The summed E-state index contributed by atoms with van der Waals surface area (Å²) in [7, 11) is 2.06. The van der Waals surface area contributed by atoms with Crippen LogP contribution < -0.4 is 15.4 Å². The predicted molar refractivity (Wildman–Crippen MR) is 103 cm³/mol. The highest BCUT2D eigenvalue weighted by molar-refractivity contribution is 5.79. The molecule has 0 aliphatic rings. The van der Waals surface area contributed by atoms with Gasteiger partial charge in [0.15, 0.2) is 5.96 Å². The van der Waals surface area contributed by atoms with E-state index in [1.165, 1.54) is 5.56 Å². The second kappa shape index (κ2) is 10.2. The Morgan fingerprint density at radius 3 is 2.38 bits per heavy atom. The molecule has 0 aromatic heterocycles. The van der Waals surface area contributed by atoms with E-state index in [-0.39, 0.29) is 5.54 Å². The molecule has 0 aliphatic carbocycles. The molecule has 0 atom stereocenters. The third-order valence-corrected chi connectivity index (χ3v) is 3.38. The van der Waals surface area contributed by atoms with Crippen LogP contribution >= 0.6 is 0 Å². The summed E-state index contributed by atoms with van der Waals surface area (Å²) in [5, 5.41) is 6.81. The Bertz CT molecular complexity index is 491. The lowest BCUT2D eigenvalue weighted by atomic mass is 10.1. The molecular formula is C19H34N4O. The van der Waals surface area contributed by atoms with Crippen molar-refractivity contribution in [3.05, 3.63) is 29.8 Å². The van der Waals surface area contributed by atoms with Gasteiger partial charge in [-0.15, -0.1) is 0 Å². The van der Waals surface area contributed by atoms with Crippen molar-refractivity contribution in [3.63, 3.8) is 0 Å². The summed E-state index contributed by atoms with van der Waals surface area (Å²) in [5.74, 6) is 1.85. The van der Waals surface area contributed by atoms with Crippen LogP contribution in [-0.4, -0.2) is 49.7 Å². The highest BCUT2D eigenvalue weighted by Gasteiger charge is 2.09. The predicted octanol–water partition coefficient (Wildman–Crippen LogP) is 2.87. The van der Waals surface area contributed by atoms with Gasteiger partial charge in [0.05, 0.1) is 13.2 Å². The van der Waals surface area contributed by atoms with Gasteiger partial charge < -0.3 is 20.3 Å². The standard InChI is InChI=1S/C19H34N4O/c1-7-20-18(21-13-14-22-19(3,4)5)23(6)15-16-9-11-17(12-10-16)24-8-2/h9-12,22H,7-8,13-15H2,1-6H3,(H,20,21). The number of guanidine groups is 1. The Labute approximate surface area is 147 Å². The average Bonchev–Trinajstić information content (AvgIpc) is 2.51. The zero-order valence-corrected chi connectivity index (χ0v) is 16.1. The maximum atomic E-state index is 5.49. The summed E-state index contributed by atoms with van der Waals surface area (Å²) in [5.41, 5.74) is 1.36. The second-order valence-corrected chi connectivity index (χ2v) is 6.85. The number of rotatable bonds is 8. The lowest BCUT2D eigenvalue weighted by Crippen LogP contribution is -2.40. The molecule has 136 valence electrons. The molecule has 0 radical (unpaired) electrons. The number of hydrogen-bond donors (Lipinski definition) is 2. The lowest BCUT2D eigenvalue weighted by molar-refractivity contribution is 0.340. The van der Waals surface area contributed by atoms with Crippen LogP contribution in [0.1, 0.15) is 40.2 Å². The van der Waals surface area contributed by atoms with E-state index in [1.54, 1.807) is 0 Å². The number of hydrogen-bond acceptors (Lipinski definition) is 3. The minimum absolute atomic E-state index is 0.127. The molecule has 5 heteroatoms. The topological polar surface area (TPSA) is 48.9 Å². The van der Waals surface area contributed by atoms with Crippen LogP contribution in [0.3, 0.4) is 0 Å². The summed E-state index contributed by atoms with van der Waals surface area (Å²) in [4.78, 5) is 6.85. The molecular weight excluding hydrogens is 300 g/mol. The molecule has 0 aliphatic heterocycles. The van der Waals surface area contributed by atoms with Gasteiger partial charge in [-0.05, 0) is 52.3 Å². The van der Waals surface area contributed by atoms with E-state index in [9.17, 15) is 0 Å². The van der Waals surface area contributed by atoms with Crippen molar-refractivity contribution >= 4 is 5.96 Å². The first-order valence-electron chi connectivity index (χ1n) is 8.82. The first kappa shape index (κ1) is 20.3. The Morgan fingerprint density at radius 1 is 1.17 bits per heavy atom. The van der Waals surface area contributed by atoms with Crippen LogP contribution in [0, 0.1) is 0 Å². The molecule has 0 heterocycles. The fraction of sp³-hybridized carbons (Fsp3) is 0.632. The van der Waals surface area contributed by atoms with Crippen LogP contribution in [0.2, 0.25) is 0 Å². The third-order valence-electron chi connectivity index (χ3n) is 3.38. The van der Waals surface area contributed by atoms with Crippen molar-refractivity contribution in [3.8, 4) is 5.75 Å². The summed E-state index contributed by atoms with van der Waals surface area (Å²) in [6, 6.07) is 8.24. The second-order valence-electron chi connectivity index (χ2n) is 6.85. The van der Waals surface area contributed by atoms with Gasteiger partial charge in [0.25, 0.3) is 0 Å². The van der Waals surface area contributed by atoms with Crippen LogP contribution in [0.5, 0.6) is 5.75 Å². The molecule has 1 rings (SSSR count). The number of benzene rings is 1. The normalized spacial score (nSPS) is 12.2. The first-order chi connectivity index (χ1) is 11.4. The minimum atomic E-state index is 0.127. The van der Waals surface area contributed by atoms with Crippen LogP contribution in [0.15, 0.2) is 29.3 Å². The number of ether oxygens (including phenoxy) is 1. The largest absolute Gasteiger partial charge is 0.494 e. The van der Waals surface area contributed by atoms with Gasteiger partial charge in [-0.25, -0.2) is 0 Å². The van der Waals surface area contributed by atoms with Gasteiger partial charge in [0.1, 0.15) is 5.75 Å². The Morgan fingerprint density at radius 2 is 1.83 bits per heavy atom. The van der Waals surface area contributed by atoms with E-state index in [1.807, 2.05) is 19.1 Å². The van der Waals surface area contributed by atoms with Crippen molar-refractivity contribution in [2.45, 2.75) is 46.7 Å². The molecule has 2 N–H and O–H groups in total. The van der Waals surface area contributed by atoms with E-state index in [4.69, 9.17) is 9.73 Å². The molecule has 1 aromatic carbocycles. The van der Waals surface area contributed by atoms with E-state index in [2.05, 4.69) is 62.4 Å². The van der Waals surface area contributed by atoms with E-state index in [0.717, 1.165) is 37.9 Å². The maximum absolute atomic E-state index is 5.49. The maximum Gasteiger partial charge on any atom is 0.194 e. The molecule has 0 fully saturated rings. The number of nitrogens with one attached hydrogen (secondary N) is 2.